The number of ether oxygens (including phenoxy) is 2. The van der Waals surface area contributed by atoms with Crippen molar-refractivity contribution in [1.82, 2.24) is 9.78 Å². The van der Waals surface area contributed by atoms with E-state index >= 15 is 0 Å². The summed E-state index contributed by atoms with van der Waals surface area (Å²) in [5.74, 6) is 0.207. The van der Waals surface area contributed by atoms with E-state index in [4.69, 9.17) is 9.47 Å². The molecule has 0 radical (unpaired) electrons. The van der Waals surface area contributed by atoms with Gasteiger partial charge < -0.3 is 9.47 Å². The minimum Gasteiger partial charge on any atom is -0.496 e. The van der Waals surface area contributed by atoms with Crippen LogP contribution in [0.3, 0.4) is 0 Å². The molecule has 0 spiro atoms. The van der Waals surface area contributed by atoms with Crippen molar-refractivity contribution in [1.29, 1.82) is 0 Å². The molecule has 0 aliphatic carbocycles. The van der Waals surface area contributed by atoms with Gasteiger partial charge in [-0.1, -0.05) is 15.9 Å². The van der Waals surface area contributed by atoms with E-state index in [2.05, 4.69) is 21.0 Å². The summed E-state index contributed by atoms with van der Waals surface area (Å²) in [6, 6.07) is 3.92. The SMILES string of the molecule is COC(=O)c1nn(CCCCBr)c2cc(C)cc(OC)c12. The second-order valence-electron chi connectivity index (χ2n) is 4.82. The average molecular weight is 355 g/mol. The van der Waals surface area contributed by atoms with Crippen LogP contribution in [0, 0.1) is 6.92 Å². The van der Waals surface area contributed by atoms with Crippen molar-refractivity contribution in [3.63, 3.8) is 0 Å². The molecule has 0 saturated carbocycles. The number of aryl methyl sites for hydroxylation is 2. The first-order chi connectivity index (χ1) is 10.1. The predicted octanol–water partition coefficient (Wildman–Crippen LogP) is 3.32. The summed E-state index contributed by atoms with van der Waals surface area (Å²) in [6.45, 7) is 2.75. The van der Waals surface area contributed by atoms with Gasteiger partial charge in [-0.2, -0.15) is 5.10 Å². The molecule has 0 unspecified atom stereocenters. The van der Waals surface area contributed by atoms with Gasteiger partial charge in [0.05, 0.1) is 25.1 Å². The highest BCUT2D eigenvalue weighted by Crippen LogP contribution is 2.31. The van der Waals surface area contributed by atoms with Crippen LogP contribution in [0.25, 0.3) is 10.9 Å². The Balaban J connectivity index is 2.58. The third-order valence-electron chi connectivity index (χ3n) is 3.31. The Morgan fingerprint density at radius 2 is 2.10 bits per heavy atom. The maximum Gasteiger partial charge on any atom is 0.359 e. The van der Waals surface area contributed by atoms with Crippen LogP contribution in [-0.4, -0.2) is 35.3 Å². The molecule has 0 atom stereocenters. The zero-order valence-corrected chi connectivity index (χ0v) is 14.1. The number of nitrogens with zero attached hydrogens (tertiary/aromatic N) is 2. The molecule has 21 heavy (non-hydrogen) atoms. The predicted molar refractivity (Wildman–Crippen MR) is 85.4 cm³/mol. The first-order valence-corrected chi connectivity index (χ1v) is 7.94. The van der Waals surface area contributed by atoms with Crippen molar-refractivity contribution < 1.29 is 14.3 Å². The molecule has 2 rings (SSSR count). The number of alkyl halides is 1. The lowest BCUT2D eigenvalue weighted by Gasteiger charge is -2.06. The lowest BCUT2D eigenvalue weighted by atomic mass is 10.1. The quantitative estimate of drug-likeness (QED) is 0.453. The van der Waals surface area contributed by atoms with Gasteiger partial charge >= 0.3 is 5.97 Å². The number of rotatable bonds is 6. The molecule has 0 fully saturated rings. The number of hydrogen-bond donors (Lipinski definition) is 0. The van der Waals surface area contributed by atoms with E-state index in [0.717, 1.165) is 35.8 Å². The molecule has 0 bridgehead atoms. The summed E-state index contributed by atoms with van der Waals surface area (Å²) in [4.78, 5) is 12.0. The Bertz CT molecular complexity index is 652. The Kier molecular flexibility index (Phi) is 5.22. The fraction of sp³-hybridized carbons (Fsp3) is 0.467. The minimum absolute atomic E-state index is 0.309. The van der Waals surface area contributed by atoms with Crippen LogP contribution in [0.1, 0.15) is 28.9 Å². The van der Waals surface area contributed by atoms with Crippen molar-refractivity contribution in [3.8, 4) is 5.75 Å². The van der Waals surface area contributed by atoms with Gasteiger partial charge in [0.15, 0.2) is 5.69 Å². The molecule has 1 aromatic carbocycles. The molecule has 1 aromatic heterocycles. The fourth-order valence-electron chi connectivity index (χ4n) is 2.33. The van der Waals surface area contributed by atoms with Crippen molar-refractivity contribution in [2.75, 3.05) is 19.5 Å². The van der Waals surface area contributed by atoms with Crippen LogP contribution >= 0.6 is 15.9 Å². The molecule has 2 aromatic rings. The van der Waals surface area contributed by atoms with Crippen LogP contribution in [-0.2, 0) is 11.3 Å². The molecule has 0 N–H and O–H groups in total. The second kappa shape index (κ2) is 6.93. The van der Waals surface area contributed by atoms with Crippen LogP contribution in [0.2, 0.25) is 0 Å². The van der Waals surface area contributed by atoms with E-state index < -0.39 is 5.97 Å². The van der Waals surface area contributed by atoms with Crippen molar-refractivity contribution in [2.45, 2.75) is 26.3 Å². The third kappa shape index (κ3) is 3.20. The summed E-state index contributed by atoms with van der Waals surface area (Å²) >= 11 is 3.42. The number of aromatic nitrogens is 2. The molecular formula is C15H19BrN2O3. The summed E-state index contributed by atoms with van der Waals surface area (Å²) < 4.78 is 12.1. The van der Waals surface area contributed by atoms with E-state index in [0.29, 0.717) is 16.8 Å². The summed E-state index contributed by atoms with van der Waals surface area (Å²) in [6.07, 6.45) is 2.04. The van der Waals surface area contributed by atoms with Gasteiger partial charge in [0.25, 0.3) is 0 Å². The highest BCUT2D eigenvalue weighted by molar-refractivity contribution is 9.09. The summed E-state index contributed by atoms with van der Waals surface area (Å²) in [5.41, 5.74) is 2.28. The Hall–Kier alpha value is -1.56. The number of benzene rings is 1. The van der Waals surface area contributed by atoms with Gasteiger partial charge in [-0.15, -0.1) is 0 Å². The van der Waals surface area contributed by atoms with E-state index in [-0.39, 0.29) is 0 Å². The Morgan fingerprint density at radius 1 is 1.33 bits per heavy atom. The number of esters is 1. The zero-order chi connectivity index (χ0) is 15.4. The lowest BCUT2D eigenvalue weighted by molar-refractivity contribution is 0.0595. The number of methoxy groups -OCH3 is 2. The van der Waals surface area contributed by atoms with E-state index in [1.165, 1.54) is 7.11 Å². The molecule has 5 nitrogen and oxygen atoms in total. The monoisotopic (exact) mass is 354 g/mol. The second-order valence-corrected chi connectivity index (χ2v) is 5.61. The maximum atomic E-state index is 12.0. The first kappa shape index (κ1) is 15.8. The van der Waals surface area contributed by atoms with Crippen molar-refractivity contribution in [3.05, 3.63) is 23.4 Å². The normalized spacial score (nSPS) is 10.9. The maximum absolute atomic E-state index is 12.0. The number of carbonyl (C=O) groups excluding carboxylic acids is 1. The summed E-state index contributed by atoms with van der Waals surface area (Å²) in [7, 11) is 2.95. The minimum atomic E-state index is -0.443. The molecule has 6 heteroatoms. The van der Waals surface area contributed by atoms with Gasteiger partial charge in [-0.05, 0) is 37.5 Å². The van der Waals surface area contributed by atoms with E-state index in [1.807, 2.05) is 23.7 Å². The van der Waals surface area contributed by atoms with Crippen LogP contribution in [0.4, 0.5) is 0 Å². The fourth-order valence-corrected chi connectivity index (χ4v) is 2.72. The van der Waals surface area contributed by atoms with Crippen molar-refractivity contribution in [2.24, 2.45) is 0 Å². The van der Waals surface area contributed by atoms with E-state index in [9.17, 15) is 4.79 Å². The molecule has 0 amide bonds. The number of fused-ring (bicyclic) bond motifs is 1. The Labute approximate surface area is 132 Å². The highest BCUT2D eigenvalue weighted by Gasteiger charge is 2.21. The molecule has 0 saturated heterocycles. The molecule has 0 aliphatic rings. The number of hydrogen-bond acceptors (Lipinski definition) is 4. The smallest absolute Gasteiger partial charge is 0.359 e. The molecule has 114 valence electrons. The number of halogens is 1. The van der Waals surface area contributed by atoms with Gasteiger partial charge in [-0.3, -0.25) is 4.68 Å². The van der Waals surface area contributed by atoms with Gasteiger partial charge in [0.2, 0.25) is 0 Å². The van der Waals surface area contributed by atoms with E-state index in [1.54, 1.807) is 7.11 Å². The average Bonchev–Trinajstić information content (AvgIpc) is 2.84. The first-order valence-electron chi connectivity index (χ1n) is 6.81. The third-order valence-corrected chi connectivity index (χ3v) is 3.87. The zero-order valence-electron chi connectivity index (χ0n) is 12.5. The van der Waals surface area contributed by atoms with Crippen molar-refractivity contribution >= 4 is 32.8 Å². The lowest BCUT2D eigenvalue weighted by Crippen LogP contribution is -2.06. The van der Waals surface area contributed by atoms with Crippen LogP contribution < -0.4 is 4.74 Å². The number of carbonyl (C=O) groups is 1. The standard InChI is InChI=1S/C15H19BrN2O3/c1-10-8-11-13(12(9-10)20-2)14(15(19)21-3)17-18(11)7-5-4-6-16/h8-9H,4-7H2,1-3H3. The highest BCUT2D eigenvalue weighted by atomic mass is 79.9. The van der Waals surface area contributed by atoms with Crippen LogP contribution in [0.15, 0.2) is 12.1 Å². The topological polar surface area (TPSA) is 53.3 Å². The molecule has 1 heterocycles. The van der Waals surface area contributed by atoms with Gasteiger partial charge in [0, 0.05) is 11.9 Å². The molecular weight excluding hydrogens is 336 g/mol. The largest absolute Gasteiger partial charge is 0.496 e. The number of unbranched alkanes of at least 4 members (excludes halogenated alkanes) is 1. The summed E-state index contributed by atoms with van der Waals surface area (Å²) in [5, 5.41) is 6.10. The molecule has 0 aliphatic heterocycles. The van der Waals surface area contributed by atoms with Gasteiger partial charge in [-0.25, -0.2) is 4.79 Å². The van der Waals surface area contributed by atoms with Crippen LogP contribution in [0.5, 0.6) is 5.75 Å². The Morgan fingerprint density at radius 3 is 2.71 bits per heavy atom. The van der Waals surface area contributed by atoms with Gasteiger partial charge in [0.1, 0.15) is 5.75 Å².